The van der Waals surface area contributed by atoms with Gasteiger partial charge in [-0.1, -0.05) is 32.0 Å². The molecule has 0 aliphatic carbocycles. The van der Waals surface area contributed by atoms with Gasteiger partial charge in [0.2, 0.25) is 15.9 Å². The second-order valence-electron chi connectivity index (χ2n) is 6.32. The predicted octanol–water partition coefficient (Wildman–Crippen LogP) is 3.65. The van der Waals surface area contributed by atoms with Crippen molar-refractivity contribution in [2.24, 2.45) is 0 Å². The van der Waals surface area contributed by atoms with E-state index in [-0.39, 0.29) is 16.9 Å². The Morgan fingerprint density at radius 3 is 2.33 bits per heavy atom. The molecule has 0 heterocycles. The summed E-state index contributed by atoms with van der Waals surface area (Å²) in [5, 5.41) is 2.73. The Morgan fingerprint density at radius 2 is 1.74 bits per heavy atom. The number of nitrogens with zero attached hydrogens (tertiary/aromatic N) is 1. The van der Waals surface area contributed by atoms with Crippen molar-refractivity contribution in [1.29, 1.82) is 0 Å². The summed E-state index contributed by atoms with van der Waals surface area (Å²) in [6, 6.07) is 9.15. The summed E-state index contributed by atoms with van der Waals surface area (Å²) in [5.41, 5.74) is 2.23. The number of hydrogen-bond donors (Lipinski definition) is 1. The Kier molecular flexibility index (Phi) is 6.73. The van der Waals surface area contributed by atoms with Crippen LogP contribution in [0.1, 0.15) is 30.5 Å². The first kappa shape index (κ1) is 21.1. The van der Waals surface area contributed by atoms with Crippen LogP contribution in [0.15, 0.2) is 41.3 Å². The molecule has 1 N–H and O–H groups in total. The number of carbonyl (C=O) groups is 1. The Balaban J connectivity index is 2.33. The second-order valence-corrected chi connectivity index (χ2v) is 8.26. The molecule has 7 heteroatoms. The zero-order valence-electron chi connectivity index (χ0n) is 16.0. The number of amides is 1. The second kappa shape index (κ2) is 8.63. The third-order valence-corrected chi connectivity index (χ3v) is 6.59. The van der Waals surface area contributed by atoms with Crippen LogP contribution >= 0.6 is 0 Å². The molecule has 1 amide bonds. The highest BCUT2D eigenvalue weighted by molar-refractivity contribution is 7.89. The van der Waals surface area contributed by atoms with Crippen LogP contribution in [0.3, 0.4) is 0 Å². The van der Waals surface area contributed by atoms with Crippen molar-refractivity contribution in [3.05, 3.63) is 58.9 Å². The van der Waals surface area contributed by atoms with Gasteiger partial charge in [0, 0.05) is 18.8 Å². The van der Waals surface area contributed by atoms with Gasteiger partial charge >= 0.3 is 0 Å². The van der Waals surface area contributed by atoms with E-state index >= 15 is 0 Å². The molecule has 0 bridgehead atoms. The quantitative estimate of drug-likeness (QED) is 0.782. The van der Waals surface area contributed by atoms with Gasteiger partial charge < -0.3 is 5.32 Å². The SMILES string of the molecule is CCN(CC)S(=O)(=O)c1cc(C)c(C)c(NC(=O)Cc2ccccc2F)c1. The first-order valence-corrected chi connectivity index (χ1v) is 10.3. The summed E-state index contributed by atoms with van der Waals surface area (Å²) >= 11 is 0. The van der Waals surface area contributed by atoms with Gasteiger partial charge in [0.25, 0.3) is 0 Å². The van der Waals surface area contributed by atoms with E-state index in [4.69, 9.17) is 0 Å². The summed E-state index contributed by atoms with van der Waals surface area (Å²) in [6.45, 7) is 7.88. The summed E-state index contributed by atoms with van der Waals surface area (Å²) in [6.07, 6.45) is -0.127. The highest BCUT2D eigenvalue weighted by Crippen LogP contribution is 2.26. The number of nitrogens with one attached hydrogen (secondary N) is 1. The van der Waals surface area contributed by atoms with Crippen molar-refractivity contribution in [3.8, 4) is 0 Å². The fourth-order valence-electron chi connectivity index (χ4n) is 2.83. The van der Waals surface area contributed by atoms with Gasteiger partial charge in [-0.05, 0) is 48.7 Å². The van der Waals surface area contributed by atoms with E-state index in [1.54, 1.807) is 45.0 Å². The first-order chi connectivity index (χ1) is 12.7. The molecular weight excluding hydrogens is 367 g/mol. The lowest BCUT2D eigenvalue weighted by atomic mass is 10.1. The van der Waals surface area contributed by atoms with Crippen LogP contribution in [0.4, 0.5) is 10.1 Å². The molecule has 0 aromatic heterocycles. The zero-order chi connectivity index (χ0) is 20.2. The first-order valence-electron chi connectivity index (χ1n) is 8.85. The number of anilines is 1. The van der Waals surface area contributed by atoms with Gasteiger partial charge in [-0.2, -0.15) is 4.31 Å². The van der Waals surface area contributed by atoms with Crippen LogP contribution in [0, 0.1) is 19.7 Å². The minimum Gasteiger partial charge on any atom is -0.326 e. The number of halogens is 1. The van der Waals surface area contributed by atoms with E-state index < -0.39 is 21.7 Å². The lowest BCUT2D eigenvalue weighted by Crippen LogP contribution is -2.30. The smallest absolute Gasteiger partial charge is 0.243 e. The highest BCUT2D eigenvalue weighted by Gasteiger charge is 2.23. The largest absolute Gasteiger partial charge is 0.326 e. The van der Waals surface area contributed by atoms with Crippen LogP contribution in [0.25, 0.3) is 0 Å². The normalized spacial score (nSPS) is 11.6. The van der Waals surface area contributed by atoms with Crippen molar-refractivity contribution in [2.75, 3.05) is 18.4 Å². The van der Waals surface area contributed by atoms with Gasteiger partial charge in [-0.15, -0.1) is 0 Å². The maximum Gasteiger partial charge on any atom is 0.243 e. The Morgan fingerprint density at radius 1 is 1.11 bits per heavy atom. The average Bonchev–Trinajstić information content (AvgIpc) is 2.61. The number of hydrogen-bond acceptors (Lipinski definition) is 3. The Bertz CT molecular complexity index is 938. The van der Waals surface area contributed by atoms with E-state index in [0.29, 0.717) is 18.8 Å². The van der Waals surface area contributed by atoms with Crippen LogP contribution in [-0.4, -0.2) is 31.7 Å². The minimum atomic E-state index is -3.64. The molecule has 0 fully saturated rings. The maximum atomic E-state index is 13.8. The minimum absolute atomic E-state index is 0.127. The van der Waals surface area contributed by atoms with E-state index in [1.165, 1.54) is 16.4 Å². The summed E-state index contributed by atoms with van der Waals surface area (Å²) in [5.74, 6) is -0.849. The topological polar surface area (TPSA) is 66.5 Å². The summed E-state index contributed by atoms with van der Waals surface area (Å²) < 4.78 is 40.7. The molecule has 0 aliphatic heterocycles. The molecule has 0 unspecified atom stereocenters. The van der Waals surface area contributed by atoms with Crippen molar-refractivity contribution < 1.29 is 17.6 Å². The van der Waals surface area contributed by atoms with E-state index in [9.17, 15) is 17.6 Å². The predicted molar refractivity (Wildman–Crippen MR) is 105 cm³/mol. The highest BCUT2D eigenvalue weighted by atomic mass is 32.2. The fraction of sp³-hybridized carbons (Fsp3) is 0.350. The van der Waals surface area contributed by atoms with Crippen molar-refractivity contribution >= 4 is 21.6 Å². The van der Waals surface area contributed by atoms with Gasteiger partial charge in [-0.3, -0.25) is 4.79 Å². The lowest BCUT2D eigenvalue weighted by Gasteiger charge is -2.20. The van der Waals surface area contributed by atoms with Gasteiger partial charge in [0.1, 0.15) is 5.82 Å². The summed E-state index contributed by atoms with van der Waals surface area (Å²) in [7, 11) is -3.64. The van der Waals surface area contributed by atoms with E-state index in [2.05, 4.69) is 5.32 Å². The average molecular weight is 392 g/mol. The molecule has 2 rings (SSSR count). The summed E-state index contributed by atoms with van der Waals surface area (Å²) in [4.78, 5) is 12.5. The third kappa shape index (κ3) is 4.73. The monoisotopic (exact) mass is 392 g/mol. The van der Waals surface area contributed by atoms with Crippen LogP contribution in [0.2, 0.25) is 0 Å². The zero-order valence-corrected chi connectivity index (χ0v) is 16.9. The molecular formula is C20H25FN2O3S. The maximum absolute atomic E-state index is 13.8. The lowest BCUT2D eigenvalue weighted by molar-refractivity contribution is -0.115. The number of aryl methyl sites for hydroxylation is 1. The molecule has 0 radical (unpaired) electrons. The Labute approximate surface area is 160 Å². The van der Waals surface area contributed by atoms with Crippen molar-refractivity contribution in [3.63, 3.8) is 0 Å². The van der Waals surface area contributed by atoms with Crippen LogP contribution in [0.5, 0.6) is 0 Å². The molecule has 146 valence electrons. The molecule has 0 aliphatic rings. The van der Waals surface area contributed by atoms with Crippen molar-refractivity contribution in [1.82, 2.24) is 4.31 Å². The molecule has 5 nitrogen and oxygen atoms in total. The van der Waals surface area contributed by atoms with Crippen LogP contribution < -0.4 is 5.32 Å². The molecule has 0 saturated carbocycles. The van der Waals surface area contributed by atoms with Gasteiger partial charge in [0.15, 0.2) is 0 Å². The van der Waals surface area contributed by atoms with E-state index in [0.717, 1.165) is 11.1 Å². The van der Waals surface area contributed by atoms with Crippen molar-refractivity contribution in [2.45, 2.75) is 39.0 Å². The van der Waals surface area contributed by atoms with Gasteiger partial charge in [-0.25, -0.2) is 12.8 Å². The molecule has 27 heavy (non-hydrogen) atoms. The van der Waals surface area contributed by atoms with Crippen LogP contribution in [-0.2, 0) is 21.2 Å². The number of sulfonamides is 1. The van der Waals surface area contributed by atoms with E-state index in [1.807, 2.05) is 6.92 Å². The molecule has 0 atom stereocenters. The molecule has 0 spiro atoms. The third-order valence-electron chi connectivity index (χ3n) is 4.57. The standard InChI is InChI=1S/C20H25FN2O3S/c1-5-23(6-2)27(25,26)17-11-14(3)15(4)19(13-17)22-20(24)12-16-9-7-8-10-18(16)21/h7-11,13H,5-6,12H2,1-4H3,(H,22,24). The molecule has 2 aromatic rings. The Hall–Kier alpha value is -2.25. The van der Waals surface area contributed by atoms with Gasteiger partial charge in [0.05, 0.1) is 11.3 Å². The number of rotatable bonds is 7. The molecule has 2 aromatic carbocycles. The molecule has 0 saturated heterocycles. The number of carbonyl (C=O) groups excluding carboxylic acids is 1. The fourth-order valence-corrected chi connectivity index (χ4v) is 4.40. The number of benzene rings is 2.